The second-order valence-corrected chi connectivity index (χ2v) is 8.97. The molecule has 0 saturated carbocycles. The van der Waals surface area contributed by atoms with Crippen LogP contribution in [-0.4, -0.2) is 61.5 Å². The van der Waals surface area contributed by atoms with Gasteiger partial charge in [0, 0.05) is 30.4 Å². The molecule has 1 atom stereocenters. The lowest BCUT2D eigenvalue weighted by molar-refractivity contribution is 0.0304. The van der Waals surface area contributed by atoms with Gasteiger partial charge < -0.3 is 25.4 Å². The Labute approximate surface area is 185 Å². The van der Waals surface area contributed by atoms with Gasteiger partial charge in [0.1, 0.15) is 0 Å². The van der Waals surface area contributed by atoms with E-state index in [1.54, 1.807) is 18.7 Å². The number of β-amino-alcohol motifs (C(OH)–C–C–N with tert-alkyl or cyclic N) is 1. The number of nitrogens with one attached hydrogen (secondary N) is 2. The predicted molar refractivity (Wildman–Crippen MR) is 117 cm³/mol. The molecule has 0 radical (unpaired) electrons. The minimum absolute atomic E-state index is 0.0721. The summed E-state index contributed by atoms with van der Waals surface area (Å²) in [6, 6.07) is 3.56. The Morgan fingerprint density at radius 1 is 1.31 bits per heavy atom. The average molecular weight is 464 g/mol. The highest BCUT2D eigenvalue weighted by Gasteiger charge is 2.38. The molecular formula is C20H22F2N6O3S. The zero-order valence-corrected chi connectivity index (χ0v) is 18.2. The number of H-pyrrole nitrogens is 1. The lowest BCUT2D eigenvalue weighted by Crippen LogP contribution is -2.61. The molecule has 3 aromatic rings. The Morgan fingerprint density at radius 2 is 2.06 bits per heavy atom. The maximum atomic E-state index is 14.0. The van der Waals surface area contributed by atoms with E-state index in [4.69, 9.17) is 0 Å². The number of halogens is 2. The molecule has 0 bridgehead atoms. The first kappa shape index (κ1) is 22.4. The van der Waals surface area contributed by atoms with Crippen LogP contribution in [0, 0.1) is 11.6 Å². The van der Waals surface area contributed by atoms with Crippen molar-refractivity contribution in [3.05, 3.63) is 45.8 Å². The molecule has 0 amide bonds. The van der Waals surface area contributed by atoms with E-state index >= 15 is 0 Å². The second-order valence-electron chi connectivity index (χ2n) is 8.02. The van der Waals surface area contributed by atoms with Crippen LogP contribution in [0.1, 0.15) is 19.4 Å². The van der Waals surface area contributed by atoms with E-state index in [1.807, 2.05) is 0 Å². The summed E-state index contributed by atoms with van der Waals surface area (Å²) in [6.07, 6.45) is 0. The van der Waals surface area contributed by atoms with Crippen LogP contribution < -0.4 is 15.8 Å². The van der Waals surface area contributed by atoms with Gasteiger partial charge in [-0.2, -0.15) is 0 Å². The summed E-state index contributed by atoms with van der Waals surface area (Å²) in [4.78, 5) is 30.1. The van der Waals surface area contributed by atoms with Gasteiger partial charge in [-0.05, 0) is 19.9 Å². The third-order valence-corrected chi connectivity index (χ3v) is 5.82. The molecular weight excluding hydrogens is 442 g/mol. The molecule has 1 aliphatic rings. The van der Waals surface area contributed by atoms with Crippen molar-refractivity contribution in [2.45, 2.75) is 36.4 Å². The van der Waals surface area contributed by atoms with E-state index in [0.717, 1.165) is 17.8 Å². The lowest BCUT2D eigenvalue weighted by Gasteiger charge is -2.44. The van der Waals surface area contributed by atoms with E-state index in [-0.39, 0.29) is 65.0 Å². The third-order valence-electron chi connectivity index (χ3n) is 4.92. The zero-order chi connectivity index (χ0) is 23.0. The fourth-order valence-electron chi connectivity index (χ4n) is 3.33. The molecule has 0 spiro atoms. The van der Waals surface area contributed by atoms with Crippen molar-refractivity contribution in [2.75, 3.05) is 29.9 Å². The molecule has 2 aromatic heterocycles. The summed E-state index contributed by atoms with van der Waals surface area (Å²) >= 11 is 1.07. The van der Waals surface area contributed by atoms with Crippen LogP contribution in [0.15, 0.2) is 28.2 Å². The fourth-order valence-corrected chi connectivity index (χ4v) is 4.15. The van der Waals surface area contributed by atoms with Gasteiger partial charge in [-0.15, -0.1) is 0 Å². The first-order valence-electron chi connectivity index (χ1n) is 9.89. The van der Waals surface area contributed by atoms with Gasteiger partial charge in [-0.3, -0.25) is 4.79 Å². The number of aliphatic hydroxyl groups excluding tert-OH is 1. The maximum absolute atomic E-state index is 14.0. The molecule has 4 N–H and O–H groups in total. The van der Waals surface area contributed by atoms with E-state index < -0.39 is 22.8 Å². The molecule has 0 unspecified atom stereocenters. The molecule has 4 rings (SSSR count). The number of hydrogen-bond donors (Lipinski definition) is 4. The summed E-state index contributed by atoms with van der Waals surface area (Å²) in [6.45, 7) is 3.76. The summed E-state index contributed by atoms with van der Waals surface area (Å²) in [5, 5.41) is 22.7. The van der Waals surface area contributed by atoms with Crippen LogP contribution in [0.5, 0.6) is 0 Å². The normalized spacial score (nSPS) is 16.1. The Balaban J connectivity index is 1.70. The smallest absolute Gasteiger partial charge is 0.292 e. The zero-order valence-electron chi connectivity index (χ0n) is 17.4. The largest absolute Gasteiger partial charge is 0.394 e. The van der Waals surface area contributed by atoms with Crippen LogP contribution in [0.3, 0.4) is 0 Å². The number of anilines is 2. The van der Waals surface area contributed by atoms with Crippen molar-refractivity contribution in [2.24, 2.45) is 0 Å². The first-order chi connectivity index (χ1) is 15.2. The van der Waals surface area contributed by atoms with Gasteiger partial charge >= 0.3 is 0 Å². The quantitative estimate of drug-likeness (QED) is 0.305. The molecule has 1 aromatic carbocycles. The highest BCUT2D eigenvalue weighted by atomic mass is 32.2. The van der Waals surface area contributed by atoms with Crippen LogP contribution >= 0.6 is 11.8 Å². The van der Waals surface area contributed by atoms with Gasteiger partial charge in [-0.25, -0.2) is 23.7 Å². The number of rotatable bonds is 7. The van der Waals surface area contributed by atoms with Gasteiger partial charge in [-0.1, -0.05) is 23.9 Å². The molecule has 0 aliphatic carbocycles. The Morgan fingerprint density at radius 3 is 2.75 bits per heavy atom. The predicted octanol–water partition coefficient (Wildman–Crippen LogP) is 1.65. The number of benzene rings is 1. The van der Waals surface area contributed by atoms with Crippen molar-refractivity contribution >= 4 is 34.6 Å². The number of nitrogens with zero attached hydrogens (tertiary/aromatic N) is 4. The summed E-state index contributed by atoms with van der Waals surface area (Å²) in [5.41, 5.74) is -0.758. The van der Waals surface area contributed by atoms with Crippen LogP contribution in [-0.2, 0) is 5.75 Å². The van der Waals surface area contributed by atoms with E-state index in [9.17, 15) is 23.8 Å². The van der Waals surface area contributed by atoms with Gasteiger partial charge in [0.05, 0.1) is 12.2 Å². The SMILES string of the molecule is C[C@H](CO)Nc1nc(SCc2cccc(F)c2F)nc2[nH]c(=O)c(N3CC(C)(O)C3)nc12. The first-order valence-corrected chi connectivity index (χ1v) is 10.9. The third kappa shape index (κ3) is 4.52. The topological polar surface area (TPSA) is 127 Å². The molecule has 1 fully saturated rings. The van der Waals surface area contributed by atoms with Crippen LogP contribution in [0.25, 0.3) is 11.2 Å². The average Bonchev–Trinajstić information content (AvgIpc) is 2.72. The van der Waals surface area contributed by atoms with Crippen molar-refractivity contribution in [3.63, 3.8) is 0 Å². The van der Waals surface area contributed by atoms with Crippen molar-refractivity contribution in [3.8, 4) is 0 Å². The van der Waals surface area contributed by atoms with Crippen molar-refractivity contribution < 1.29 is 19.0 Å². The fraction of sp³-hybridized carbons (Fsp3) is 0.400. The number of aliphatic hydroxyl groups is 2. The number of fused-ring (bicyclic) bond motifs is 1. The maximum Gasteiger partial charge on any atom is 0.292 e. The van der Waals surface area contributed by atoms with Crippen LogP contribution in [0.2, 0.25) is 0 Å². The molecule has 12 heteroatoms. The van der Waals surface area contributed by atoms with Gasteiger partial charge in [0.25, 0.3) is 5.56 Å². The molecule has 1 saturated heterocycles. The number of aromatic nitrogens is 4. The molecule has 9 nitrogen and oxygen atoms in total. The molecule has 1 aliphatic heterocycles. The molecule has 32 heavy (non-hydrogen) atoms. The van der Waals surface area contributed by atoms with E-state index in [1.165, 1.54) is 12.1 Å². The monoisotopic (exact) mass is 464 g/mol. The van der Waals surface area contributed by atoms with Crippen molar-refractivity contribution in [1.82, 2.24) is 19.9 Å². The van der Waals surface area contributed by atoms with Crippen molar-refractivity contribution in [1.29, 1.82) is 0 Å². The van der Waals surface area contributed by atoms with E-state index in [0.29, 0.717) is 0 Å². The second kappa shape index (κ2) is 8.60. The summed E-state index contributed by atoms with van der Waals surface area (Å²) in [7, 11) is 0. The minimum atomic E-state index is -0.937. The van der Waals surface area contributed by atoms with Crippen LogP contribution in [0.4, 0.5) is 20.4 Å². The molecule has 3 heterocycles. The summed E-state index contributed by atoms with van der Waals surface area (Å²) < 4.78 is 27.4. The number of thioether (sulfide) groups is 1. The van der Waals surface area contributed by atoms with Gasteiger partial charge in [0.2, 0.25) is 0 Å². The number of hydrogen-bond acceptors (Lipinski definition) is 9. The highest BCUT2D eigenvalue weighted by molar-refractivity contribution is 7.98. The number of aromatic amines is 1. The Kier molecular flexibility index (Phi) is 6.01. The van der Waals surface area contributed by atoms with Gasteiger partial charge in [0.15, 0.2) is 39.6 Å². The Bertz CT molecular complexity index is 1210. The summed E-state index contributed by atoms with van der Waals surface area (Å²) in [5.74, 6) is -1.38. The lowest BCUT2D eigenvalue weighted by atomic mass is 9.97. The minimum Gasteiger partial charge on any atom is -0.394 e. The Hall–Kier alpha value is -2.83. The molecule has 170 valence electrons. The van der Waals surface area contributed by atoms with E-state index in [2.05, 4.69) is 25.3 Å². The standard InChI is InChI=1S/C20H22F2N6O3S/c1-10(6-29)23-15-14-16(25-18(30)17(24-14)28-8-20(2,31)9-28)27-19(26-15)32-7-11-4-3-5-12(21)13(11)22/h3-5,10,29,31H,6-9H2,1-2H3,(H2,23,25,26,27,30)/t10-/m1/s1. The highest BCUT2D eigenvalue weighted by Crippen LogP contribution is 2.28.